The molecule has 2 amide bonds. The second-order valence-corrected chi connectivity index (χ2v) is 3.75. The number of hydrogen-bond acceptors (Lipinski definition) is 4. The largest absolute Gasteiger partial charge is 0.337 e. The minimum atomic E-state index is -0.302. The van der Waals surface area contributed by atoms with Gasteiger partial charge in [-0.05, 0) is 24.3 Å². The SMILES string of the molecule is N#Cc1ccc(NC(=O)NCCc2ncn[nH]2)cc1. The Labute approximate surface area is 109 Å². The van der Waals surface area contributed by atoms with Crippen molar-refractivity contribution in [3.8, 4) is 6.07 Å². The predicted molar refractivity (Wildman–Crippen MR) is 68.3 cm³/mol. The van der Waals surface area contributed by atoms with Crippen molar-refractivity contribution in [3.63, 3.8) is 0 Å². The number of nitrogens with one attached hydrogen (secondary N) is 3. The highest BCUT2D eigenvalue weighted by Crippen LogP contribution is 2.08. The lowest BCUT2D eigenvalue weighted by Gasteiger charge is -2.06. The van der Waals surface area contributed by atoms with Gasteiger partial charge in [-0.2, -0.15) is 10.4 Å². The molecule has 2 aromatic rings. The first kappa shape index (κ1) is 12.6. The van der Waals surface area contributed by atoms with Gasteiger partial charge in [-0.3, -0.25) is 5.10 Å². The van der Waals surface area contributed by atoms with E-state index in [1.807, 2.05) is 6.07 Å². The Morgan fingerprint density at radius 1 is 1.37 bits per heavy atom. The number of carbonyl (C=O) groups excluding carboxylic acids is 1. The van der Waals surface area contributed by atoms with Crippen molar-refractivity contribution >= 4 is 11.7 Å². The van der Waals surface area contributed by atoms with Crippen molar-refractivity contribution in [2.45, 2.75) is 6.42 Å². The normalized spacial score (nSPS) is 9.63. The predicted octanol–water partition coefficient (Wildman–Crippen LogP) is 1.04. The molecule has 0 bridgehead atoms. The van der Waals surface area contributed by atoms with Crippen LogP contribution in [0.3, 0.4) is 0 Å². The summed E-state index contributed by atoms with van der Waals surface area (Å²) in [6.45, 7) is 0.456. The lowest BCUT2D eigenvalue weighted by molar-refractivity contribution is 0.252. The molecule has 0 aliphatic carbocycles. The fraction of sp³-hybridized carbons (Fsp3) is 0.167. The Balaban J connectivity index is 1.76. The topological polar surface area (TPSA) is 106 Å². The minimum absolute atomic E-state index is 0.302. The molecule has 7 nitrogen and oxygen atoms in total. The molecule has 0 spiro atoms. The molecule has 0 radical (unpaired) electrons. The summed E-state index contributed by atoms with van der Waals surface area (Å²) in [5.41, 5.74) is 1.19. The van der Waals surface area contributed by atoms with Crippen LogP contribution in [0.25, 0.3) is 0 Å². The lowest BCUT2D eigenvalue weighted by Crippen LogP contribution is -2.30. The number of nitrogens with zero attached hydrogens (tertiary/aromatic N) is 3. The fourth-order valence-electron chi connectivity index (χ4n) is 1.45. The maximum Gasteiger partial charge on any atom is 0.319 e. The number of anilines is 1. The quantitative estimate of drug-likeness (QED) is 0.759. The zero-order valence-corrected chi connectivity index (χ0v) is 10.1. The fourth-order valence-corrected chi connectivity index (χ4v) is 1.45. The van der Waals surface area contributed by atoms with E-state index in [1.54, 1.807) is 24.3 Å². The second-order valence-electron chi connectivity index (χ2n) is 3.75. The van der Waals surface area contributed by atoms with E-state index in [4.69, 9.17) is 5.26 Å². The van der Waals surface area contributed by atoms with Gasteiger partial charge in [0.1, 0.15) is 12.2 Å². The molecule has 2 rings (SSSR count). The average Bonchev–Trinajstić information content (AvgIpc) is 2.93. The first-order valence-corrected chi connectivity index (χ1v) is 5.67. The van der Waals surface area contributed by atoms with Crippen LogP contribution < -0.4 is 10.6 Å². The Morgan fingerprint density at radius 3 is 2.79 bits per heavy atom. The van der Waals surface area contributed by atoms with Crippen LogP contribution in [0.4, 0.5) is 10.5 Å². The summed E-state index contributed by atoms with van der Waals surface area (Å²) in [5.74, 6) is 0.721. The van der Waals surface area contributed by atoms with E-state index in [0.717, 1.165) is 5.82 Å². The summed E-state index contributed by atoms with van der Waals surface area (Å²) >= 11 is 0. The van der Waals surface area contributed by atoms with Gasteiger partial charge < -0.3 is 10.6 Å². The molecule has 1 aromatic carbocycles. The molecule has 0 saturated carbocycles. The van der Waals surface area contributed by atoms with Gasteiger partial charge in [0, 0.05) is 18.7 Å². The molecule has 0 fully saturated rings. The minimum Gasteiger partial charge on any atom is -0.337 e. The highest BCUT2D eigenvalue weighted by molar-refractivity contribution is 5.89. The van der Waals surface area contributed by atoms with Gasteiger partial charge in [0.2, 0.25) is 0 Å². The van der Waals surface area contributed by atoms with Crippen LogP contribution in [0.1, 0.15) is 11.4 Å². The monoisotopic (exact) mass is 256 g/mol. The number of hydrogen-bond donors (Lipinski definition) is 3. The Kier molecular flexibility index (Phi) is 4.08. The third-order valence-electron chi connectivity index (χ3n) is 2.38. The number of urea groups is 1. The summed E-state index contributed by atoms with van der Waals surface area (Å²) in [6.07, 6.45) is 2.01. The smallest absolute Gasteiger partial charge is 0.319 e. The number of amides is 2. The van der Waals surface area contributed by atoms with Gasteiger partial charge in [-0.25, -0.2) is 9.78 Å². The number of aromatic nitrogens is 3. The van der Waals surface area contributed by atoms with E-state index in [9.17, 15) is 4.79 Å². The van der Waals surface area contributed by atoms with E-state index < -0.39 is 0 Å². The van der Waals surface area contributed by atoms with Crippen LogP contribution in [0, 0.1) is 11.3 Å². The van der Waals surface area contributed by atoms with Crippen molar-refractivity contribution in [1.82, 2.24) is 20.5 Å². The first-order chi connectivity index (χ1) is 9.28. The van der Waals surface area contributed by atoms with E-state index in [1.165, 1.54) is 6.33 Å². The summed E-state index contributed by atoms with van der Waals surface area (Å²) in [4.78, 5) is 15.5. The summed E-state index contributed by atoms with van der Waals surface area (Å²) < 4.78 is 0. The number of benzene rings is 1. The van der Waals surface area contributed by atoms with Gasteiger partial charge in [-0.1, -0.05) is 0 Å². The average molecular weight is 256 g/mol. The Bertz CT molecular complexity index is 569. The molecule has 0 aliphatic rings. The van der Waals surface area contributed by atoms with Crippen LogP contribution in [-0.2, 0) is 6.42 Å². The summed E-state index contributed by atoms with van der Waals surface area (Å²) in [6, 6.07) is 8.35. The molecule has 3 N–H and O–H groups in total. The molecule has 0 unspecified atom stereocenters. The Hall–Kier alpha value is -2.88. The van der Waals surface area contributed by atoms with E-state index in [-0.39, 0.29) is 6.03 Å². The molecule has 7 heteroatoms. The maximum absolute atomic E-state index is 11.6. The summed E-state index contributed by atoms with van der Waals surface area (Å²) in [5, 5.41) is 20.4. The third-order valence-corrected chi connectivity index (χ3v) is 2.38. The molecular weight excluding hydrogens is 244 g/mol. The maximum atomic E-state index is 11.6. The van der Waals surface area contributed by atoms with Crippen molar-refractivity contribution in [2.24, 2.45) is 0 Å². The van der Waals surface area contributed by atoms with Crippen LogP contribution >= 0.6 is 0 Å². The number of aromatic amines is 1. The van der Waals surface area contributed by atoms with Gasteiger partial charge in [0.15, 0.2) is 0 Å². The van der Waals surface area contributed by atoms with Crippen LogP contribution in [0.15, 0.2) is 30.6 Å². The third kappa shape index (κ3) is 3.81. The van der Waals surface area contributed by atoms with Gasteiger partial charge in [0.25, 0.3) is 0 Å². The van der Waals surface area contributed by atoms with Gasteiger partial charge in [0.05, 0.1) is 11.6 Å². The Morgan fingerprint density at radius 2 is 2.16 bits per heavy atom. The molecule has 1 aromatic heterocycles. The van der Waals surface area contributed by atoms with Crippen molar-refractivity contribution in [2.75, 3.05) is 11.9 Å². The molecule has 0 aliphatic heterocycles. The highest BCUT2D eigenvalue weighted by atomic mass is 16.2. The molecule has 0 atom stereocenters. The lowest BCUT2D eigenvalue weighted by atomic mass is 10.2. The van der Waals surface area contributed by atoms with E-state index >= 15 is 0 Å². The van der Waals surface area contributed by atoms with E-state index in [2.05, 4.69) is 25.8 Å². The van der Waals surface area contributed by atoms with Gasteiger partial charge >= 0.3 is 6.03 Å². The number of rotatable bonds is 4. The highest BCUT2D eigenvalue weighted by Gasteiger charge is 2.02. The van der Waals surface area contributed by atoms with Crippen molar-refractivity contribution < 1.29 is 4.79 Å². The molecular formula is C12H12N6O. The first-order valence-electron chi connectivity index (χ1n) is 5.67. The zero-order valence-electron chi connectivity index (χ0n) is 10.1. The van der Waals surface area contributed by atoms with Crippen LogP contribution in [0.2, 0.25) is 0 Å². The van der Waals surface area contributed by atoms with Crippen LogP contribution in [-0.4, -0.2) is 27.8 Å². The van der Waals surface area contributed by atoms with Gasteiger partial charge in [-0.15, -0.1) is 0 Å². The number of carbonyl (C=O) groups is 1. The van der Waals surface area contributed by atoms with Crippen LogP contribution in [0.5, 0.6) is 0 Å². The zero-order chi connectivity index (χ0) is 13.5. The molecule has 0 saturated heterocycles. The molecule has 1 heterocycles. The number of nitriles is 1. The molecule has 96 valence electrons. The van der Waals surface area contributed by atoms with Crippen molar-refractivity contribution in [3.05, 3.63) is 42.0 Å². The standard InChI is InChI=1S/C12H12N6O/c13-7-9-1-3-10(4-2-9)17-12(19)14-6-5-11-15-8-16-18-11/h1-4,8H,5-6H2,(H2,14,17,19)(H,15,16,18). The second kappa shape index (κ2) is 6.16. The molecule has 19 heavy (non-hydrogen) atoms. The summed E-state index contributed by atoms with van der Waals surface area (Å²) in [7, 11) is 0. The van der Waals surface area contributed by atoms with Crippen molar-refractivity contribution in [1.29, 1.82) is 5.26 Å². The number of H-pyrrole nitrogens is 1. The van der Waals surface area contributed by atoms with E-state index in [0.29, 0.717) is 24.2 Å².